The highest BCUT2D eigenvalue weighted by atomic mass is 32.2. The van der Waals surface area contributed by atoms with Gasteiger partial charge in [0.1, 0.15) is 0 Å². The molecule has 0 saturated carbocycles. The molecule has 0 fully saturated rings. The van der Waals surface area contributed by atoms with Crippen LogP contribution in [0.3, 0.4) is 0 Å². The highest BCUT2D eigenvalue weighted by Gasteiger charge is 2.20. The van der Waals surface area contributed by atoms with Crippen molar-refractivity contribution in [3.8, 4) is 0 Å². The van der Waals surface area contributed by atoms with E-state index in [0.717, 1.165) is 21.9 Å². The number of Topliss-reactive ketones (excluding diaryl/α,β-unsaturated/α-hetero) is 1. The molecule has 2 aromatic rings. The first-order valence-electron chi connectivity index (χ1n) is 9.05. The fourth-order valence-corrected chi connectivity index (χ4v) is 3.65. The Balaban J connectivity index is 2.16. The molecule has 7 heteroatoms. The van der Waals surface area contributed by atoms with Gasteiger partial charge >= 0.3 is 5.97 Å². The van der Waals surface area contributed by atoms with Crippen LogP contribution in [0.2, 0.25) is 0 Å². The lowest BCUT2D eigenvalue weighted by molar-refractivity contribution is 0.0474. The molecule has 0 aliphatic rings. The first kappa shape index (κ1) is 21.8. The number of rotatable bonds is 8. The second-order valence-electron chi connectivity index (χ2n) is 6.51. The average molecular weight is 404 g/mol. The van der Waals surface area contributed by atoms with Gasteiger partial charge in [-0.2, -0.15) is 0 Å². The lowest BCUT2D eigenvalue weighted by atomic mass is 9.98. The molecule has 0 unspecified atom stereocenters. The summed E-state index contributed by atoms with van der Waals surface area (Å²) in [6, 6.07) is 11.3. The third kappa shape index (κ3) is 4.85. The molecule has 0 aliphatic carbocycles. The van der Waals surface area contributed by atoms with Gasteiger partial charge in [0.25, 0.3) is 0 Å². The summed E-state index contributed by atoms with van der Waals surface area (Å²) in [6.07, 6.45) is 1.50. The summed E-state index contributed by atoms with van der Waals surface area (Å²) in [5.74, 6) is -1.02. The first-order chi connectivity index (χ1) is 13.2. The molecule has 150 valence electrons. The number of sulfonamides is 1. The van der Waals surface area contributed by atoms with Crippen LogP contribution in [-0.4, -0.2) is 45.2 Å². The molecule has 2 aromatic carbocycles. The number of carbonyl (C=O) groups excluding carboxylic acids is 2. The molecule has 0 heterocycles. The van der Waals surface area contributed by atoms with Crippen molar-refractivity contribution in [3.63, 3.8) is 0 Å². The zero-order valence-electron chi connectivity index (χ0n) is 16.6. The van der Waals surface area contributed by atoms with Crippen molar-refractivity contribution in [3.05, 3.63) is 64.7 Å². The van der Waals surface area contributed by atoms with Gasteiger partial charge in [0.05, 0.1) is 10.5 Å². The number of carbonyl (C=O) groups is 2. The van der Waals surface area contributed by atoms with Crippen molar-refractivity contribution in [1.29, 1.82) is 0 Å². The Morgan fingerprint density at radius 3 is 2.32 bits per heavy atom. The van der Waals surface area contributed by atoms with Crippen molar-refractivity contribution in [2.75, 3.05) is 20.7 Å². The number of ketones is 1. The molecule has 28 heavy (non-hydrogen) atoms. The van der Waals surface area contributed by atoms with Crippen LogP contribution in [0.5, 0.6) is 0 Å². The van der Waals surface area contributed by atoms with Crippen LogP contribution in [0.4, 0.5) is 0 Å². The molecule has 0 bridgehead atoms. The van der Waals surface area contributed by atoms with Crippen LogP contribution >= 0.6 is 0 Å². The molecule has 2 rings (SSSR count). The van der Waals surface area contributed by atoms with Crippen LogP contribution in [0.1, 0.15) is 45.7 Å². The largest absolute Gasteiger partial charge is 0.454 e. The van der Waals surface area contributed by atoms with Gasteiger partial charge in [0, 0.05) is 19.7 Å². The van der Waals surface area contributed by atoms with E-state index in [1.165, 1.54) is 38.4 Å². The van der Waals surface area contributed by atoms with Gasteiger partial charge in [-0.15, -0.1) is 0 Å². The van der Waals surface area contributed by atoms with E-state index in [2.05, 4.69) is 0 Å². The van der Waals surface area contributed by atoms with E-state index in [4.69, 9.17) is 4.74 Å². The van der Waals surface area contributed by atoms with Gasteiger partial charge in [0.15, 0.2) is 6.61 Å². The van der Waals surface area contributed by atoms with E-state index in [9.17, 15) is 18.0 Å². The summed E-state index contributed by atoms with van der Waals surface area (Å²) in [7, 11) is -0.842. The number of ether oxygens (including phenoxy) is 1. The summed E-state index contributed by atoms with van der Waals surface area (Å²) in [4.78, 5) is 24.9. The summed E-state index contributed by atoms with van der Waals surface area (Å²) in [6.45, 7) is 3.56. The molecule has 0 atom stereocenters. The molecule has 0 saturated heterocycles. The van der Waals surface area contributed by atoms with E-state index in [1.807, 2.05) is 32.0 Å². The molecule has 6 nitrogen and oxygen atoms in total. The monoisotopic (exact) mass is 403 g/mol. The SMILES string of the molecule is CCc1ccc(CC)c(C(=O)COC(=O)c2cccc(S(=O)(=O)N(C)C)c2)c1. The fraction of sp³-hybridized carbons (Fsp3) is 0.333. The smallest absolute Gasteiger partial charge is 0.338 e. The maximum atomic E-state index is 12.6. The predicted octanol–water partition coefficient (Wildman–Crippen LogP) is 3.10. The minimum absolute atomic E-state index is 0.0119. The van der Waals surface area contributed by atoms with Crippen LogP contribution in [-0.2, 0) is 27.6 Å². The Morgan fingerprint density at radius 1 is 1.00 bits per heavy atom. The summed E-state index contributed by atoms with van der Waals surface area (Å²) >= 11 is 0. The zero-order valence-corrected chi connectivity index (χ0v) is 17.4. The van der Waals surface area contributed by atoms with Gasteiger partial charge in [-0.1, -0.05) is 32.0 Å². The Morgan fingerprint density at radius 2 is 1.71 bits per heavy atom. The van der Waals surface area contributed by atoms with Gasteiger partial charge in [-0.3, -0.25) is 4.79 Å². The Kier molecular flexibility index (Phi) is 7.10. The van der Waals surface area contributed by atoms with Gasteiger partial charge in [-0.25, -0.2) is 17.5 Å². The molecule has 0 radical (unpaired) electrons. The van der Waals surface area contributed by atoms with E-state index >= 15 is 0 Å². The molecule has 0 aromatic heterocycles. The lowest BCUT2D eigenvalue weighted by Crippen LogP contribution is -2.22. The summed E-state index contributed by atoms with van der Waals surface area (Å²) in [5.41, 5.74) is 2.57. The quantitative estimate of drug-likeness (QED) is 0.500. The topological polar surface area (TPSA) is 80.8 Å². The maximum absolute atomic E-state index is 12.6. The zero-order chi connectivity index (χ0) is 20.9. The van der Waals surface area contributed by atoms with Crippen LogP contribution < -0.4 is 0 Å². The van der Waals surface area contributed by atoms with Gasteiger partial charge < -0.3 is 4.74 Å². The number of nitrogens with zero attached hydrogens (tertiary/aromatic N) is 1. The Bertz CT molecular complexity index is 980. The van der Waals surface area contributed by atoms with Crippen LogP contribution in [0.15, 0.2) is 47.4 Å². The lowest BCUT2D eigenvalue weighted by Gasteiger charge is -2.12. The van der Waals surface area contributed by atoms with Crippen LogP contribution in [0, 0.1) is 0 Å². The third-order valence-corrected chi connectivity index (χ3v) is 6.26. The van der Waals surface area contributed by atoms with Crippen molar-refractivity contribution in [2.24, 2.45) is 0 Å². The van der Waals surface area contributed by atoms with Crippen molar-refractivity contribution < 1.29 is 22.7 Å². The summed E-state index contributed by atoms with van der Waals surface area (Å²) in [5, 5.41) is 0. The summed E-state index contributed by atoms with van der Waals surface area (Å²) < 4.78 is 30.6. The van der Waals surface area contributed by atoms with Crippen molar-refractivity contribution in [2.45, 2.75) is 31.6 Å². The number of aryl methyl sites for hydroxylation is 2. The second-order valence-corrected chi connectivity index (χ2v) is 8.67. The van der Waals surface area contributed by atoms with Crippen LogP contribution in [0.25, 0.3) is 0 Å². The Labute approximate surface area is 166 Å². The standard InChI is InChI=1S/C21H25NO5S/c1-5-15-10-11-16(6-2)19(12-15)20(23)14-27-21(24)17-8-7-9-18(13-17)28(25,26)22(3)4/h7-13H,5-6,14H2,1-4H3. The average Bonchev–Trinajstić information content (AvgIpc) is 2.71. The first-order valence-corrected chi connectivity index (χ1v) is 10.5. The molecule has 0 spiro atoms. The molecule has 0 N–H and O–H groups in total. The fourth-order valence-electron chi connectivity index (χ4n) is 2.70. The van der Waals surface area contributed by atoms with E-state index in [-0.39, 0.29) is 16.2 Å². The van der Waals surface area contributed by atoms with E-state index in [0.29, 0.717) is 12.0 Å². The van der Waals surface area contributed by atoms with Gasteiger partial charge in [0.2, 0.25) is 15.8 Å². The number of esters is 1. The van der Waals surface area contributed by atoms with Crippen molar-refractivity contribution in [1.82, 2.24) is 4.31 Å². The van der Waals surface area contributed by atoms with Gasteiger partial charge in [-0.05, 0) is 48.2 Å². The number of hydrogen-bond acceptors (Lipinski definition) is 5. The van der Waals surface area contributed by atoms with E-state index in [1.54, 1.807) is 0 Å². The Hall–Kier alpha value is -2.51. The minimum atomic E-state index is -3.67. The van der Waals surface area contributed by atoms with E-state index < -0.39 is 22.6 Å². The third-order valence-electron chi connectivity index (χ3n) is 4.45. The highest BCUT2D eigenvalue weighted by molar-refractivity contribution is 7.89. The highest BCUT2D eigenvalue weighted by Crippen LogP contribution is 2.17. The number of hydrogen-bond donors (Lipinski definition) is 0. The second kappa shape index (κ2) is 9.12. The molecule has 0 amide bonds. The van der Waals surface area contributed by atoms with Crippen molar-refractivity contribution >= 4 is 21.8 Å². The predicted molar refractivity (Wildman–Crippen MR) is 107 cm³/mol. The normalized spacial score (nSPS) is 11.5. The molecular weight excluding hydrogens is 378 g/mol. The number of benzene rings is 2. The minimum Gasteiger partial charge on any atom is -0.454 e. The molecular formula is C21H25NO5S. The molecule has 0 aliphatic heterocycles. The maximum Gasteiger partial charge on any atom is 0.338 e.